The molecule has 0 fully saturated rings. The van der Waals surface area contributed by atoms with Gasteiger partial charge >= 0.3 is 0 Å². The maximum atomic E-state index is 2.32. The van der Waals surface area contributed by atoms with Gasteiger partial charge < -0.3 is 0 Å². The van der Waals surface area contributed by atoms with Crippen molar-refractivity contribution >= 4 is 11.3 Å². The van der Waals surface area contributed by atoms with Crippen molar-refractivity contribution in [2.45, 2.75) is 64.7 Å². The number of hydrogen-bond donors (Lipinski definition) is 0. The molecule has 1 unspecified atom stereocenters. The molecule has 1 aromatic heterocycles. The lowest BCUT2D eigenvalue weighted by molar-refractivity contribution is 0.521. The topological polar surface area (TPSA) is 0 Å². The molecule has 86 valence electrons. The van der Waals surface area contributed by atoms with Crippen molar-refractivity contribution in [3.05, 3.63) is 22.4 Å². The van der Waals surface area contributed by atoms with E-state index in [9.17, 15) is 0 Å². The van der Waals surface area contributed by atoms with E-state index in [1.807, 2.05) is 11.3 Å². The zero-order valence-electron chi connectivity index (χ0n) is 10.2. The molecule has 0 amide bonds. The minimum absolute atomic E-state index is 0.844. The molecule has 0 bridgehead atoms. The van der Waals surface area contributed by atoms with E-state index in [0.29, 0.717) is 0 Å². The predicted molar refractivity (Wildman–Crippen MR) is 70.7 cm³/mol. The van der Waals surface area contributed by atoms with Gasteiger partial charge in [0.15, 0.2) is 0 Å². The van der Waals surface area contributed by atoms with Gasteiger partial charge in [-0.25, -0.2) is 0 Å². The van der Waals surface area contributed by atoms with Crippen LogP contribution in [-0.2, 0) is 0 Å². The largest absolute Gasteiger partial charge is 0.149 e. The maximum absolute atomic E-state index is 2.32. The quantitative estimate of drug-likeness (QED) is 0.504. The first-order valence-corrected chi connectivity index (χ1v) is 7.29. The van der Waals surface area contributed by atoms with Crippen LogP contribution in [-0.4, -0.2) is 0 Å². The van der Waals surface area contributed by atoms with E-state index in [2.05, 4.69) is 31.4 Å². The second-order valence-electron chi connectivity index (χ2n) is 4.35. The van der Waals surface area contributed by atoms with Gasteiger partial charge in [0.1, 0.15) is 0 Å². The van der Waals surface area contributed by atoms with E-state index in [-0.39, 0.29) is 0 Å². The molecule has 1 rings (SSSR count). The third kappa shape index (κ3) is 4.83. The molecule has 0 saturated heterocycles. The summed E-state index contributed by atoms with van der Waals surface area (Å²) in [6.45, 7) is 4.57. The van der Waals surface area contributed by atoms with E-state index in [1.165, 1.54) is 44.9 Å². The maximum Gasteiger partial charge on any atom is 0.00761 e. The lowest BCUT2D eigenvalue weighted by Crippen LogP contribution is -1.96. The summed E-state index contributed by atoms with van der Waals surface area (Å²) >= 11 is 1.94. The van der Waals surface area contributed by atoms with Gasteiger partial charge in [0.2, 0.25) is 0 Å². The molecule has 0 aliphatic rings. The minimum atomic E-state index is 0.844. The molecule has 0 aromatic carbocycles. The zero-order valence-corrected chi connectivity index (χ0v) is 11.0. The summed E-state index contributed by atoms with van der Waals surface area (Å²) in [6.07, 6.45) is 9.64. The highest BCUT2D eigenvalue weighted by Gasteiger charge is 2.11. The Labute approximate surface area is 98.7 Å². The fraction of sp³-hybridized carbons (Fsp3) is 0.714. The summed E-state index contributed by atoms with van der Waals surface area (Å²) < 4.78 is 0. The first-order valence-electron chi connectivity index (χ1n) is 6.41. The van der Waals surface area contributed by atoms with Crippen LogP contribution in [0.15, 0.2) is 17.5 Å². The van der Waals surface area contributed by atoms with Gasteiger partial charge in [-0.05, 0) is 30.2 Å². The van der Waals surface area contributed by atoms with Crippen molar-refractivity contribution in [2.75, 3.05) is 0 Å². The molecule has 1 heteroatoms. The highest BCUT2D eigenvalue weighted by molar-refractivity contribution is 7.10. The molecule has 1 atom stereocenters. The average molecular weight is 224 g/mol. The van der Waals surface area contributed by atoms with E-state index in [4.69, 9.17) is 0 Å². The normalized spacial score (nSPS) is 12.9. The van der Waals surface area contributed by atoms with Crippen LogP contribution in [0.5, 0.6) is 0 Å². The Hall–Kier alpha value is -0.300. The van der Waals surface area contributed by atoms with Crippen LogP contribution in [0.4, 0.5) is 0 Å². The van der Waals surface area contributed by atoms with Crippen LogP contribution >= 0.6 is 11.3 Å². The van der Waals surface area contributed by atoms with Crippen molar-refractivity contribution in [1.29, 1.82) is 0 Å². The molecule has 0 aliphatic carbocycles. The highest BCUT2D eigenvalue weighted by Crippen LogP contribution is 2.30. The van der Waals surface area contributed by atoms with Crippen molar-refractivity contribution in [2.24, 2.45) is 0 Å². The lowest BCUT2D eigenvalue weighted by atomic mass is 9.94. The molecule has 0 radical (unpaired) electrons. The third-order valence-electron chi connectivity index (χ3n) is 3.01. The van der Waals surface area contributed by atoms with Crippen molar-refractivity contribution in [3.63, 3.8) is 0 Å². The standard InChI is InChI=1S/C14H24S/c1-3-5-7-10-13(9-6-4-2)14-11-8-12-15-14/h8,11-13H,3-7,9-10H2,1-2H3. The molecular formula is C14H24S. The van der Waals surface area contributed by atoms with Crippen LogP contribution < -0.4 is 0 Å². The number of thiophene rings is 1. The van der Waals surface area contributed by atoms with Gasteiger partial charge in [0.05, 0.1) is 0 Å². The van der Waals surface area contributed by atoms with E-state index in [0.717, 1.165) is 5.92 Å². The van der Waals surface area contributed by atoms with Crippen molar-refractivity contribution in [1.82, 2.24) is 0 Å². The summed E-state index contributed by atoms with van der Waals surface area (Å²) in [4.78, 5) is 1.61. The second kappa shape index (κ2) is 7.92. The Morgan fingerprint density at radius 3 is 2.40 bits per heavy atom. The summed E-state index contributed by atoms with van der Waals surface area (Å²) in [5.74, 6) is 0.844. The number of hydrogen-bond acceptors (Lipinski definition) is 1. The Morgan fingerprint density at radius 1 is 1.07 bits per heavy atom. The van der Waals surface area contributed by atoms with Crippen molar-refractivity contribution < 1.29 is 0 Å². The third-order valence-corrected chi connectivity index (χ3v) is 4.04. The van der Waals surface area contributed by atoms with E-state index >= 15 is 0 Å². The first kappa shape index (κ1) is 12.8. The molecule has 1 heterocycles. The average Bonchev–Trinajstić information content (AvgIpc) is 2.76. The Balaban J connectivity index is 2.39. The van der Waals surface area contributed by atoms with Crippen LogP contribution in [0.1, 0.15) is 69.6 Å². The lowest BCUT2D eigenvalue weighted by Gasteiger charge is -2.14. The Kier molecular flexibility index (Phi) is 6.74. The molecule has 15 heavy (non-hydrogen) atoms. The van der Waals surface area contributed by atoms with Crippen LogP contribution in [0.3, 0.4) is 0 Å². The smallest absolute Gasteiger partial charge is 0.00761 e. The van der Waals surface area contributed by atoms with Gasteiger partial charge in [0.25, 0.3) is 0 Å². The first-order chi connectivity index (χ1) is 7.38. The predicted octanol–water partition coefficient (Wildman–Crippen LogP) is 5.60. The molecule has 0 spiro atoms. The number of rotatable bonds is 8. The summed E-state index contributed by atoms with van der Waals surface area (Å²) in [5.41, 5.74) is 0. The SMILES string of the molecule is CCCCCC(CCCC)c1cccs1. The molecular weight excluding hydrogens is 200 g/mol. The highest BCUT2D eigenvalue weighted by atomic mass is 32.1. The fourth-order valence-corrected chi connectivity index (χ4v) is 2.94. The number of unbranched alkanes of at least 4 members (excludes halogenated alkanes) is 3. The van der Waals surface area contributed by atoms with Gasteiger partial charge in [-0.2, -0.15) is 0 Å². The van der Waals surface area contributed by atoms with Crippen LogP contribution in [0, 0.1) is 0 Å². The van der Waals surface area contributed by atoms with Gasteiger partial charge in [-0.15, -0.1) is 11.3 Å². The summed E-state index contributed by atoms with van der Waals surface area (Å²) in [7, 11) is 0. The van der Waals surface area contributed by atoms with Gasteiger partial charge in [0, 0.05) is 4.88 Å². The molecule has 0 N–H and O–H groups in total. The van der Waals surface area contributed by atoms with Gasteiger partial charge in [-0.3, -0.25) is 0 Å². The van der Waals surface area contributed by atoms with Gasteiger partial charge in [-0.1, -0.05) is 52.0 Å². The molecule has 0 aliphatic heterocycles. The van der Waals surface area contributed by atoms with Crippen molar-refractivity contribution in [3.8, 4) is 0 Å². The Bertz CT molecular complexity index is 225. The molecule has 0 nitrogen and oxygen atoms in total. The Morgan fingerprint density at radius 2 is 1.80 bits per heavy atom. The molecule has 1 aromatic rings. The van der Waals surface area contributed by atoms with E-state index in [1.54, 1.807) is 4.88 Å². The molecule has 0 saturated carbocycles. The second-order valence-corrected chi connectivity index (χ2v) is 5.33. The zero-order chi connectivity index (χ0) is 10.9. The fourth-order valence-electron chi connectivity index (χ4n) is 2.04. The van der Waals surface area contributed by atoms with Crippen LogP contribution in [0.25, 0.3) is 0 Å². The monoisotopic (exact) mass is 224 g/mol. The minimum Gasteiger partial charge on any atom is -0.149 e. The van der Waals surface area contributed by atoms with E-state index < -0.39 is 0 Å². The summed E-state index contributed by atoms with van der Waals surface area (Å²) in [6, 6.07) is 4.51. The summed E-state index contributed by atoms with van der Waals surface area (Å²) in [5, 5.41) is 2.22. The van der Waals surface area contributed by atoms with Crippen LogP contribution in [0.2, 0.25) is 0 Å².